The molecular weight excluding hydrogens is 384 g/mol. The van der Waals surface area contributed by atoms with Crippen molar-refractivity contribution in [2.24, 2.45) is 0 Å². The Labute approximate surface area is 184 Å². The van der Waals surface area contributed by atoms with Crippen molar-refractivity contribution in [2.45, 2.75) is 32.4 Å². The highest BCUT2D eigenvalue weighted by Gasteiger charge is 2.16. The summed E-state index contributed by atoms with van der Waals surface area (Å²) in [7, 11) is 1.68. The molecule has 1 N–H and O–H groups in total. The molecule has 4 nitrogen and oxygen atoms in total. The molecule has 160 valence electrons. The molecule has 0 saturated heterocycles. The van der Waals surface area contributed by atoms with Gasteiger partial charge in [-0.05, 0) is 65.8 Å². The third kappa shape index (κ3) is 5.74. The molecule has 4 heteroatoms. The van der Waals surface area contributed by atoms with Crippen LogP contribution in [0.4, 0.5) is 0 Å². The minimum absolute atomic E-state index is 0.0101. The van der Waals surface area contributed by atoms with Gasteiger partial charge in [-0.3, -0.25) is 9.69 Å². The summed E-state index contributed by atoms with van der Waals surface area (Å²) in [6, 6.07) is 24.8. The van der Waals surface area contributed by atoms with Crippen molar-refractivity contribution in [1.29, 1.82) is 0 Å². The first kappa shape index (κ1) is 21.1. The van der Waals surface area contributed by atoms with Gasteiger partial charge in [-0.2, -0.15) is 0 Å². The number of aryl methyl sites for hydroxylation is 1. The largest absolute Gasteiger partial charge is 0.497 e. The lowest BCUT2D eigenvalue weighted by molar-refractivity contribution is 0.0953. The van der Waals surface area contributed by atoms with Gasteiger partial charge >= 0.3 is 0 Å². The zero-order valence-electron chi connectivity index (χ0n) is 18.1. The van der Waals surface area contributed by atoms with Crippen LogP contribution in [0.2, 0.25) is 0 Å². The molecule has 31 heavy (non-hydrogen) atoms. The van der Waals surface area contributed by atoms with Crippen molar-refractivity contribution in [3.05, 3.63) is 101 Å². The third-order valence-corrected chi connectivity index (χ3v) is 5.89. The summed E-state index contributed by atoms with van der Waals surface area (Å²) in [4.78, 5) is 14.9. The Kier molecular flexibility index (Phi) is 7.00. The number of hydrogen-bond acceptors (Lipinski definition) is 3. The van der Waals surface area contributed by atoms with E-state index in [1.54, 1.807) is 7.11 Å². The molecule has 3 aromatic rings. The van der Waals surface area contributed by atoms with E-state index in [1.165, 1.54) is 22.3 Å². The fourth-order valence-electron chi connectivity index (χ4n) is 4.13. The van der Waals surface area contributed by atoms with E-state index in [0.29, 0.717) is 12.1 Å². The van der Waals surface area contributed by atoms with E-state index in [1.807, 2.05) is 30.3 Å². The predicted octanol–water partition coefficient (Wildman–Crippen LogP) is 4.62. The highest BCUT2D eigenvalue weighted by Crippen LogP contribution is 2.20. The number of nitrogens with one attached hydrogen (secondary N) is 1. The molecule has 0 bridgehead atoms. The lowest BCUT2D eigenvalue weighted by Crippen LogP contribution is -2.30. The number of nitrogens with zero attached hydrogens (tertiary/aromatic N) is 1. The lowest BCUT2D eigenvalue weighted by atomic mass is 9.99. The molecule has 0 atom stereocenters. The van der Waals surface area contributed by atoms with Crippen LogP contribution in [0, 0.1) is 0 Å². The number of rotatable bonds is 8. The highest BCUT2D eigenvalue weighted by atomic mass is 16.5. The van der Waals surface area contributed by atoms with Crippen LogP contribution >= 0.6 is 0 Å². The number of carbonyl (C=O) groups is 1. The molecule has 0 aromatic heterocycles. The molecule has 0 spiro atoms. The van der Waals surface area contributed by atoms with Gasteiger partial charge in [0.2, 0.25) is 0 Å². The number of ether oxygens (including phenoxy) is 1. The van der Waals surface area contributed by atoms with Crippen LogP contribution in [0.3, 0.4) is 0 Å². The average Bonchev–Trinajstić information content (AvgIpc) is 2.82. The highest BCUT2D eigenvalue weighted by molar-refractivity contribution is 5.94. The SMILES string of the molecule is COc1cccc(CCCNC(=O)c2ccc(CN3CCc4ccccc4C3)cc2)c1. The van der Waals surface area contributed by atoms with Gasteiger partial charge < -0.3 is 10.1 Å². The summed E-state index contributed by atoms with van der Waals surface area (Å²) in [5, 5.41) is 3.03. The molecular formula is C27H30N2O2. The molecule has 1 amide bonds. The Morgan fingerprint density at radius 1 is 0.968 bits per heavy atom. The number of fused-ring (bicyclic) bond motifs is 1. The predicted molar refractivity (Wildman–Crippen MR) is 124 cm³/mol. The maximum Gasteiger partial charge on any atom is 0.251 e. The Morgan fingerprint density at radius 3 is 2.58 bits per heavy atom. The number of benzene rings is 3. The molecule has 0 radical (unpaired) electrons. The summed E-state index contributed by atoms with van der Waals surface area (Å²) < 4.78 is 5.26. The molecule has 0 aliphatic carbocycles. The quantitative estimate of drug-likeness (QED) is 0.547. The van der Waals surface area contributed by atoms with Crippen LogP contribution in [0.15, 0.2) is 72.8 Å². The van der Waals surface area contributed by atoms with Crippen LogP contribution in [-0.4, -0.2) is 31.0 Å². The van der Waals surface area contributed by atoms with Crippen LogP contribution in [0.5, 0.6) is 5.75 Å². The van der Waals surface area contributed by atoms with Crippen molar-refractivity contribution in [3.63, 3.8) is 0 Å². The lowest BCUT2D eigenvalue weighted by Gasteiger charge is -2.28. The summed E-state index contributed by atoms with van der Waals surface area (Å²) >= 11 is 0. The van der Waals surface area contributed by atoms with Crippen molar-refractivity contribution >= 4 is 5.91 Å². The average molecular weight is 415 g/mol. The fourth-order valence-corrected chi connectivity index (χ4v) is 4.13. The van der Waals surface area contributed by atoms with Gasteiger partial charge in [0.15, 0.2) is 0 Å². The van der Waals surface area contributed by atoms with Crippen LogP contribution in [0.1, 0.15) is 39.0 Å². The van der Waals surface area contributed by atoms with Crippen molar-refractivity contribution in [1.82, 2.24) is 10.2 Å². The zero-order valence-corrected chi connectivity index (χ0v) is 18.1. The number of hydrogen-bond donors (Lipinski definition) is 1. The summed E-state index contributed by atoms with van der Waals surface area (Å²) in [5.74, 6) is 0.861. The van der Waals surface area contributed by atoms with E-state index in [-0.39, 0.29) is 5.91 Å². The number of carbonyl (C=O) groups excluding carboxylic acids is 1. The molecule has 0 fully saturated rings. The smallest absolute Gasteiger partial charge is 0.251 e. The Hall–Kier alpha value is -3.11. The van der Waals surface area contributed by atoms with Crippen molar-refractivity contribution < 1.29 is 9.53 Å². The third-order valence-electron chi connectivity index (χ3n) is 5.89. The van der Waals surface area contributed by atoms with E-state index in [2.05, 4.69) is 52.7 Å². The first-order valence-corrected chi connectivity index (χ1v) is 11.0. The fraction of sp³-hybridized carbons (Fsp3) is 0.296. The topological polar surface area (TPSA) is 41.6 Å². The van der Waals surface area contributed by atoms with E-state index >= 15 is 0 Å². The van der Waals surface area contributed by atoms with Gasteiger partial charge in [0.25, 0.3) is 5.91 Å². The van der Waals surface area contributed by atoms with Gasteiger partial charge in [-0.25, -0.2) is 0 Å². The Morgan fingerprint density at radius 2 is 1.77 bits per heavy atom. The van der Waals surface area contributed by atoms with Crippen molar-refractivity contribution in [3.8, 4) is 5.75 Å². The summed E-state index contributed by atoms with van der Waals surface area (Å²) in [6.45, 7) is 3.64. The summed E-state index contributed by atoms with van der Waals surface area (Å²) in [5.41, 5.74) is 6.08. The maximum absolute atomic E-state index is 12.5. The Bertz CT molecular complexity index is 1010. The minimum atomic E-state index is -0.0101. The van der Waals surface area contributed by atoms with E-state index in [0.717, 1.165) is 44.6 Å². The van der Waals surface area contributed by atoms with E-state index in [9.17, 15) is 4.79 Å². The van der Waals surface area contributed by atoms with Gasteiger partial charge in [0.1, 0.15) is 5.75 Å². The van der Waals surface area contributed by atoms with Crippen LogP contribution < -0.4 is 10.1 Å². The van der Waals surface area contributed by atoms with Crippen LogP contribution in [-0.2, 0) is 25.9 Å². The zero-order chi connectivity index (χ0) is 21.5. The minimum Gasteiger partial charge on any atom is -0.497 e. The molecule has 1 aliphatic rings. The normalized spacial score (nSPS) is 13.5. The molecule has 4 rings (SSSR count). The Balaban J connectivity index is 1.23. The van der Waals surface area contributed by atoms with E-state index in [4.69, 9.17) is 4.74 Å². The summed E-state index contributed by atoms with van der Waals surface area (Å²) in [6.07, 6.45) is 2.91. The second-order valence-electron chi connectivity index (χ2n) is 8.14. The standard InChI is InChI=1S/C27H30N2O2/c1-31-26-10-4-6-21(18-26)7-5-16-28-27(30)24-13-11-22(12-14-24)19-29-17-15-23-8-2-3-9-25(23)20-29/h2-4,6,8-14,18H,5,7,15-17,19-20H2,1H3,(H,28,30). The van der Waals surface area contributed by atoms with Crippen LogP contribution in [0.25, 0.3) is 0 Å². The van der Waals surface area contributed by atoms with Crippen molar-refractivity contribution in [2.75, 3.05) is 20.2 Å². The first-order chi connectivity index (χ1) is 15.2. The number of methoxy groups -OCH3 is 1. The first-order valence-electron chi connectivity index (χ1n) is 11.0. The van der Waals surface area contributed by atoms with Gasteiger partial charge in [-0.15, -0.1) is 0 Å². The molecule has 1 aliphatic heterocycles. The molecule has 0 saturated carbocycles. The van der Waals surface area contributed by atoms with E-state index < -0.39 is 0 Å². The number of amides is 1. The van der Waals surface area contributed by atoms with Gasteiger partial charge in [0, 0.05) is 31.7 Å². The van der Waals surface area contributed by atoms with Gasteiger partial charge in [-0.1, -0.05) is 48.5 Å². The molecule has 0 unspecified atom stereocenters. The maximum atomic E-state index is 12.5. The molecule has 3 aromatic carbocycles. The second-order valence-corrected chi connectivity index (χ2v) is 8.14. The second kappa shape index (κ2) is 10.3. The van der Waals surface area contributed by atoms with Gasteiger partial charge in [0.05, 0.1) is 7.11 Å². The molecule has 1 heterocycles. The monoisotopic (exact) mass is 414 g/mol.